The number of hydrogen-bond acceptors (Lipinski definition) is 5. The molecule has 0 aliphatic carbocycles. The Kier molecular flexibility index (Phi) is 10.2. The Morgan fingerprint density at radius 2 is 1.79 bits per heavy atom. The summed E-state index contributed by atoms with van der Waals surface area (Å²) >= 11 is 1.61. The number of halogens is 3. The van der Waals surface area contributed by atoms with Crippen molar-refractivity contribution in [2.45, 2.75) is 38.5 Å². The van der Waals surface area contributed by atoms with Crippen LogP contribution in [0.25, 0.3) is 5.57 Å². The number of likely N-dealkylation sites (tertiary alicyclic amines) is 1. The number of para-hydroxylation sites is 1. The van der Waals surface area contributed by atoms with Crippen molar-refractivity contribution in [1.29, 1.82) is 0 Å². The molecule has 0 bridgehead atoms. The van der Waals surface area contributed by atoms with Gasteiger partial charge in [-0.3, -0.25) is 4.90 Å². The van der Waals surface area contributed by atoms with Crippen LogP contribution in [-0.2, 0) is 12.7 Å². The standard InChI is InChI=1S/C30H36F3N3OS/c1-6-28(38-5)22(3)35(4)29(19-21(2)25-12-8-10-14-27(25)37)34-24-15-17-36(18-16-24)20-23-11-7-9-13-26(23)30(31,32)33/h6-14,19,24,34,37H,1-2,15-18,20H2,3-5H3/b28-22+,29-19-. The first-order chi connectivity index (χ1) is 18.0. The van der Waals surface area contributed by atoms with Crippen LogP contribution in [0.5, 0.6) is 5.75 Å². The molecule has 0 radical (unpaired) electrons. The lowest BCUT2D eigenvalue weighted by molar-refractivity contribution is -0.138. The van der Waals surface area contributed by atoms with Gasteiger partial charge in [-0.15, -0.1) is 11.8 Å². The number of benzene rings is 2. The van der Waals surface area contributed by atoms with Crippen molar-refractivity contribution in [2.75, 3.05) is 26.4 Å². The van der Waals surface area contributed by atoms with E-state index in [4.69, 9.17) is 0 Å². The van der Waals surface area contributed by atoms with Gasteiger partial charge in [-0.05, 0) is 55.4 Å². The zero-order valence-electron chi connectivity index (χ0n) is 22.2. The number of aromatic hydroxyl groups is 1. The molecule has 1 fully saturated rings. The van der Waals surface area contributed by atoms with Gasteiger partial charge >= 0.3 is 6.18 Å². The zero-order chi connectivity index (χ0) is 27.9. The third-order valence-corrected chi connectivity index (χ3v) is 7.75. The van der Waals surface area contributed by atoms with Crippen LogP contribution in [0.15, 0.2) is 90.3 Å². The first-order valence-corrected chi connectivity index (χ1v) is 13.7. The highest BCUT2D eigenvalue weighted by atomic mass is 32.2. The van der Waals surface area contributed by atoms with Crippen molar-refractivity contribution >= 4 is 17.3 Å². The van der Waals surface area contributed by atoms with Crippen LogP contribution in [0, 0.1) is 0 Å². The molecule has 1 aliphatic heterocycles. The van der Waals surface area contributed by atoms with Gasteiger partial charge < -0.3 is 15.3 Å². The van der Waals surface area contributed by atoms with E-state index < -0.39 is 11.7 Å². The zero-order valence-corrected chi connectivity index (χ0v) is 23.0. The van der Waals surface area contributed by atoms with Crippen LogP contribution in [0.1, 0.15) is 36.5 Å². The summed E-state index contributed by atoms with van der Waals surface area (Å²) in [6, 6.07) is 13.0. The highest BCUT2D eigenvalue weighted by molar-refractivity contribution is 8.02. The van der Waals surface area contributed by atoms with Gasteiger partial charge in [-0.1, -0.05) is 55.6 Å². The summed E-state index contributed by atoms with van der Waals surface area (Å²) in [5.74, 6) is 0.983. The second-order valence-corrected chi connectivity index (χ2v) is 10.2. The molecule has 38 heavy (non-hydrogen) atoms. The summed E-state index contributed by atoms with van der Waals surface area (Å²) < 4.78 is 40.3. The monoisotopic (exact) mass is 543 g/mol. The Morgan fingerprint density at radius 1 is 1.16 bits per heavy atom. The lowest BCUT2D eigenvalue weighted by Gasteiger charge is -2.36. The molecule has 4 nitrogen and oxygen atoms in total. The molecule has 3 rings (SSSR count). The number of rotatable bonds is 10. The van der Waals surface area contributed by atoms with Crippen LogP contribution >= 0.6 is 11.8 Å². The number of phenolic OH excluding ortho intramolecular Hbond substituents is 1. The molecule has 0 amide bonds. The molecule has 8 heteroatoms. The summed E-state index contributed by atoms with van der Waals surface area (Å²) in [7, 11) is 1.97. The Labute approximate surface area is 228 Å². The first kappa shape index (κ1) is 29.5. The number of nitrogens with zero attached hydrogens (tertiary/aromatic N) is 2. The minimum Gasteiger partial charge on any atom is -0.507 e. The molecule has 0 aromatic heterocycles. The molecule has 0 unspecified atom stereocenters. The van der Waals surface area contributed by atoms with E-state index in [0.29, 0.717) is 29.8 Å². The summed E-state index contributed by atoms with van der Waals surface area (Å²) in [5.41, 5.74) is 2.06. The van der Waals surface area contributed by atoms with Crippen LogP contribution < -0.4 is 5.32 Å². The van der Waals surface area contributed by atoms with Crippen LogP contribution in [0.3, 0.4) is 0 Å². The van der Waals surface area contributed by atoms with E-state index in [1.54, 1.807) is 36.0 Å². The summed E-state index contributed by atoms with van der Waals surface area (Å²) in [6.45, 7) is 11.8. The number of nitrogens with one attached hydrogen (secondary N) is 1. The maximum atomic E-state index is 13.4. The van der Waals surface area contributed by atoms with Gasteiger partial charge in [-0.2, -0.15) is 13.2 Å². The Hall–Kier alpha value is -3.10. The van der Waals surface area contributed by atoms with E-state index in [9.17, 15) is 18.3 Å². The minimum absolute atomic E-state index is 0.129. The summed E-state index contributed by atoms with van der Waals surface area (Å²) in [5, 5.41) is 14.0. The van der Waals surface area contributed by atoms with Crippen molar-refractivity contribution in [3.63, 3.8) is 0 Å². The van der Waals surface area contributed by atoms with Gasteiger partial charge in [0.1, 0.15) is 11.6 Å². The van der Waals surface area contributed by atoms with Gasteiger partial charge in [0.25, 0.3) is 0 Å². The van der Waals surface area contributed by atoms with E-state index in [-0.39, 0.29) is 18.3 Å². The number of phenols is 1. The van der Waals surface area contributed by atoms with E-state index >= 15 is 0 Å². The lowest BCUT2D eigenvalue weighted by Crippen LogP contribution is -2.44. The van der Waals surface area contributed by atoms with Gasteiger partial charge in [0.15, 0.2) is 0 Å². The molecule has 0 atom stereocenters. The Bertz CT molecular complexity index is 1200. The largest absolute Gasteiger partial charge is 0.507 e. The van der Waals surface area contributed by atoms with Gasteiger partial charge in [-0.25, -0.2) is 0 Å². The fraction of sp³-hybridized carbons (Fsp3) is 0.333. The van der Waals surface area contributed by atoms with Crippen LogP contribution in [-0.4, -0.2) is 47.3 Å². The maximum Gasteiger partial charge on any atom is 0.416 e. The molecular weight excluding hydrogens is 507 g/mol. The molecule has 0 spiro atoms. The topological polar surface area (TPSA) is 38.7 Å². The molecule has 2 aromatic carbocycles. The average molecular weight is 544 g/mol. The minimum atomic E-state index is -4.36. The van der Waals surface area contributed by atoms with Crippen molar-refractivity contribution in [2.24, 2.45) is 0 Å². The molecular formula is C30H36F3N3OS. The summed E-state index contributed by atoms with van der Waals surface area (Å²) in [4.78, 5) is 5.15. The second-order valence-electron chi connectivity index (χ2n) is 9.34. The van der Waals surface area contributed by atoms with E-state index in [0.717, 1.165) is 35.3 Å². The van der Waals surface area contributed by atoms with Gasteiger partial charge in [0, 0.05) is 48.9 Å². The number of piperidine rings is 1. The number of thioether (sulfide) groups is 1. The second kappa shape index (κ2) is 13.1. The van der Waals surface area contributed by atoms with Crippen molar-refractivity contribution in [1.82, 2.24) is 15.1 Å². The third-order valence-electron chi connectivity index (χ3n) is 6.84. The lowest BCUT2D eigenvalue weighted by atomic mass is 10.0. The van der Waals surface area contributed by atoms with E-state index in [1.165, 1.54) is 6.07 Å². The molecule has 204 valence electrons. The predicted octanol–water partition coefficient (Wildman–Crippen LogP) is 7.23. The number of alkyl halides is 3. The quantitative estimate of drug-likeness (QED) is 0.309. The fourth-order valence-corrected chi connectivity index (χ4v) is 5.17. The molecule has 2 aromatic rings. The van der Waals surface area contributed by atoms with Crippen molar-refractivity contribution in [3.05, 3.63) is 107 Å². The fourth-order valence-electron chi connectivity index (χ4n) is 4.57. The molecule has 1 saturated heterocycles. The number of allylic oxidation sites excluding steroid dienone is 4. The normalized spacial score (nSPS) is 16.1. The molecule has 0 saturated carbocycles. The van der Waals surface area contributed by atoms with Crippen LogP contribution in [0.4, 0.5) is 13.2 Å². The highest BCUT2D eigenvalue weighted by Crippen LogP contribution is 2.33. The van der Waals surface area contributed by atoms with E-state index in [1.807, 2.05) is 49.4 Å². The number of hydrogen-bond donors (Lipinski definition) is 2. The summed E-state index contributed by atoms with van der Waals surface area (Å²) in [6.07, 6.45) is 2.94. The first-order valence-electron chi connectivity index (χ1n) is 12.5. The maximum absolute atomic E-state index is 13.4. The van der Waals surface area contributed by atoms with E-state index in [2.05, 4.69) is 23.4 Å². The molecule has 2 N–H and O–H groups in total. The van der Waals surface area contributed by atoms with Crippen molar-refractivity contribution < 1.29 is 18.3 Å². The van der Waals surface area contributed by atoms with Crippen LogP contribution in [0.2, 0.25) is 0 Å². The highest BCUT2D eigenvalue weighted by Gasteiger charge is 2.33. The Balaban J connectivity index is 1.77. The SMILES string of the molecule is C=C/C(SC)=C(/C)N(C)/C(=C\C(=C)c1ccccc1O)NC1CCN(Cc2ccccc2C(F)(F)F)CC1. The smallest absolute Gasteiger partial charge is 0.416 e. The Morgan fingerprint density at radius 3 is 2.39 bits per heavy atom. The van der Waals surface area contributed by atoms with Gasteiger partial charge in [0.2, 0.25) is 0 Å². The van der Waals surface area contributed by atoms with Crippen molar-refractivity contribution in [3.8, 4) is 5.75 Å². The molecule has 1 aliphatic rings. The third kappa shape index (κ3) is 7.48. The molecule has 1 heterocycles. The predicted molar refractivity (Wildman–Crippen MR) is 152 cm³/mol. The van der Waals surface area contributed by atoms with Gasteiger partial charge in [0.05, 0.1) is 5.56 Å². The average Bonchev–Trinajstić information content (AvgIpc) is 2.89.